The van der Waals surface area contributed by atoms with Crippen LogP contribution in [0.5, 0.6) is 0 Å². The van der Waals surface area contributed by atoms with Crippen LogP contribution in [0.2, 0.25) is 0 Å². The van der Waals surface area contributed by atoms with E-state index in [4.69, 9.17) is 4.74 Å². The van der Waals surface area contributed by atoms with Gasteiger partial charge in [0.05, 0.1) is 25.3 Å². The summed E-state index contributed by atoms with van der Waals surface area (Å²) in [6, 6.07) is 25.7. The SMILES string of the molecule is CC(C)n1c(CCC(O)CC(O)CC(=O)OC(C)(C)C)c(-c2ccc(F)cc2)c(-c2ccccc2)c1C(=O)N(Cc1ccccc1)CN(C)C. The van der Waals surface area contributed by atoms with Crippen molar-refractivity contribution in [1.82, 2.24) is 14.4 Å². The minimum atomic E-state index is -1.08. The Morgan fingerprint density at radius 3 is 1.98 bits per heavy atom. The smallest absolute Gasteiger partial charge is 0.308 e. The summed E-state index contributed by atoms with van der Waals surface area (Å²) in [7, 11) is 3.86. The Hall–Kier alpha value is -4.31. The molecule has 0 aliphatic carbocycles. The zero-order valence-electron chi connectivity index (χ0n) is 30.4. The second-order valence-corrected chi connectivity index (χ2v) is 14.5. The molecule has 0 bridgehead atoms. The molecule has 9 heteroatoms. The average Bonchev–Trinajstić information content (AvgIpc) is 3.38. The summed E-state index contributed by atoms with van der Waals surface area (Å²) in [5.74, 6) is -1.05. The molecule has 50 heavy (non-hydrogen) atoms. The van der Waals surface area contributed by atoms with Crippen LogP contribution in [-0.4, -0.2) is 75.0 Å². The van der Waals surface area contributed by atoms with Gasteiger partial charge in [0.2, 0.25) is 0 Å². The van der Waals surface area contributed by atoms with Crippen LogP contribution in [0.25, 0.3) is 22.3 Å². The van der Waals surface area contributed by atoms with Gasteiger partial charge >= 0.3 is 5.97 Å². The number of esters is 1. The zero-order valence-corrected chi connectivity index (χ0v) is 30.4. The van der Waals surface area contributed by atoms with E-state index in [9.17, 15) is 19.4 Å². The number of aliphatic hydroxyl groups is 2. The third kappa shape index (κ3) is 10.4. The van der Waals surface area contributed by atoms with Crippen LogP contribution in [0, 0.1) is 5.82 Å². The Bertz CT molecular complexity index is 1700. The fourth-order valence-electron chi connectivity index (χ4n) is 6.35. The van der Waals surface area contributed by atoms with E-state index in [2.05, 4.69) is 4.57 Å². The number of amides is 1. The predicted octanol–water partition coefficient (Wildman–Crippen LogP) is 7.48. The molecule has 2 N–H and O–H groups in total. The summed E-state index contributed by atoms with van der Waals surface area (Å²) < 4.78 is 21.7. The van der Waals surface area contributed by atoms with E-state index >= 15 is 4.79 Å². The van der Waals surface area contributed by atoms with Crippen LogP contribution < -0.4 is 0 Å². The Labute approximate surface area is 296 Å². The largest absolute Gasteiger partial charge is 0.460 e. The van der Waals surface area contributed by atoms with Gasteiger partial charge in [0, 0.05) is 29.4 Å². The highest BCUT2D eigenvalue weighted by Crippen LogP contribution is 2.43. The highest BCUT2D eigenvalue weighted by atomic mass is 19.1. The second-order valence-electron chi connectivity index (χ2n) is 14.5. The molecule has 0 fully saturated rings. The first-order chi connectivity index (χ1) is 23.6. The first-order valence-corrected chi connectivity index (χ1v) is 17.3. The van der Waals surface area contributed by atoms with E-state index < -0.39 is 23.8 Å². The van der Waals surface area contributed by atoms with Gasteiger partial charge in [0.1, 0.15) is 17.1 Å². The van der Waals surface area contributed by atoms with Crippen molar-refractivity contribution < 1.29 is 28.9 Å². The van der Waals surface area contributed by atoms with E-state index in [0.717, 1.165) is 33.5 Å². The molecule has 1 aromatic heterocycles. The molecule has 1 amide bonds. The van der Waals surface area contributed by atoms with Crippen LogP contribution in [0.15, 0.2) is 84.9 Å². The lowest BCUT2D eigenvalue weighted by Gasteiger charge is -2.28. The lowest BCUT2D eigenvalue weighted by atomic mass is 9.92. The summed E-state index contributed by atoms with van der Waals surface area (Å²) in [6.07, 6.45) is -1.65. The van der Waals surface area contributed by atoms with Crippen LogP contribution in [-0.2, 0) is 22.5 Å². The van der Waals surface area contributed by atoms with Crippen LogP contribution in [0.3, 0.4) is 0 Å². The van der Waals surface area contributed by atoms with E-state index in [0.29, 0.717) is 25.3 Å². The minimum Gasteiger partial charge on any atom is -0.460 e. The third-order valence-corrected chi connectivity index (χ3v) is 8.26. The number of rotatable bonds is 15. The molecule has 3 aromatic carbocycles. The normalized spacial score (nSPS) is 13.0. The molecular formula is C41H52FN3O5. The van der Waals surface area contributed by atoms with Crippen molar-refractivity contribution in [2.45, 2.75) is 90.7 Å². The van der Waals surface area contributed by atoms with Gasteiger partial charge in [-0.3, -0.25) is 14.5 Å². The predicted molar refractivity (Wildman–Crippen MR) is 196 cm³/mol. The van der Waals surface area contributed by atoms with Crippen LogP contribution in [0.4, 0.5) is 4.39 Å². The molecule has 0 radical (unpaired) electrons. The molecule has 0 aliphatic heterocycles. The van der Waals surface area contributed by atoms with E-state index in [1.165, 1.54) is 12.1 Å². The Morgan fingerprint density at radius 1 is 0.840 bits per heavy atom. The number of benzene rings is 3. The maximum Gasteiger partial charge on any atom is 0.308 e. The van der Waals surface area contributed by atoms with Crippen molar-refractivity contribution in [1.29, 1.82) is 0 Å². The third-order valence-electron chi connectivity index (χ3n) is 8.26. The zero-order chi connectivity index (χ0) is 36.6. The van der Waals surface area contributed by atoms with E-state index in [-0.39, 0.29) is 37.0 Å². The molecule has 0 saturated carbocycles. The lowest BCUT2D eigenvalue weighted by Crippen LogP contribution is -2.39. The average molecular weight is 686 g/mol. The fourth-order valence-corrected chi connectivity index (χ4v) is 6.35. The van der Waals surface area contributed by atoms with E-state index in [1.54, 1.807) is 32.9 Å². The Kier molecular flexibility index (Phi) is 13.1. The molecule has 2 atom stereocenters. The van der Waals surface area contributed by atoms with Crippen molar-refractivity contribution in [3.05, 3.63) is 108 Å². The number of halogens is 1. The molecule has 0 spiro atoms. The molecule has 4 rings (SSSR count). The molecule has 0 saturated heterocycles. The highest BCUT2D eigenvalue weighted by Gasteiger charge is 2.33. The summed E-state index contributed by atoms with van der Waals surface area (Å²) in [6.45, 7) is 10.1. The number of hydrogen-bond acceptors (Lipinski definition) is 6. The Balaban J connectivity index is 1.84. The van der Waals surface area contributed by atoms with Crippen molar-refractivity contribution in [2.75, 3.05) is 20.8 Å². The van der Waals surface area contributed by atoms with Crippen molar-refractivity contribution in [3.63, 3.8) is 0 Å². The van der Waals surface area contributed by atoms with Crippen molar-refractivity contribution in [3.8, 4) is 22.3 Å². The number of hydrogen-bond donors (Lipinski definition) is 2. The number of nitrogens with zero attached hydrogens (tertiary/aromatic N) is 3. The van der Waals surface area contributed by atoms with Gasteiger partial charge in [0.25, 0.3) is 5.91 Å². The minimum absolute atomic E-state index is 0.0153. The molecule has 0 aliphatic rings. The van der Waals surface area contributed by atoms with Gasteiger partial charge in [0.15, 0.2) is 0 Å². The summed E-state index contributed by atoms with van der Waals surface area (Å²) in [5.41, 5.74) is 4.77. The topological polar surface area (TPSA) is 95.2 Å². The molecule has 8 nitrogen and oxygen atoms in total. The number of ether oxygens (including phenoxy) is 1. The number of carbonyl (C=O) groups is 2. The van der Waals surface area contributed by atoms with Crippen LogP contribution in [0.1, 0.15) is 81.7 Å². The van der Waals surface area contributed by atoms with Gasteiger partial charge in [-0.15, -0.1) is 0 Å². The summed E-state index contributed by atoms with van der Waals surface area (Å²) in [5, 5.41) is 21.8. The molecule has 268 valence electrons. The Morgan fingerprint density at radius 2 is 1.42 bits per heavy atom. The van der Waals surface area contributed by atoms with Gasteiger partial charge in [-0.05, 0) is 96.8 Å². The first-order valence-electron chi connectivity index (χ1n) is 17.3. The van der Waals surface area contributed by atoms with Gasteiger partial charge in [-0.1, -0.05) is 72.8 Å². The van der Waals surface area contributed by atoms with Gasteiger partial charge in [-0.25, -0.2) is 4.39 Å². The molecular weight excluding hydrogens is 633 g/mol. The number of carbonyl (C=O) groups excluding carboxylic acids is 2. The molecule has 2 unspecified atom stereocenters. The standard InChI is InChI=1S/C41H52FN3O5/c1-28(2)45-35(23-22-33(46)24-34(47)25-36(48)50-41(3,4)5)37(31-18-20-32(42)21-19-31)38(30-16-12-9-13-17-30)39(45)40(49)44(27-43(6)7)26-29-14-10-8-11-15-29/h8-21,28,33-34,46-47H,22-27H2,1-7H3. The van der Waals surface area contributed by atoms with E-state index in [1.807, 2.05) is 98.4 Å². The fraction of sp³-hybridized carbons (Fsp3) is 0.415. The number of aliphatic hydroxyl groups excluding tert-OH is 2. The second kappa shape index (κ2) is 17.1. The highest BCUT2D eigenvalue weighted by molar-refractivity contribution is 6.05. The summed E-state index contributed by atoms with van der Waals surface area (Å²) >= 11 is 0. The quantitative estimate of drug-likeness (QED) is 0.0996. The molecule has 4 aromatic rings. The maximum absolute atomic E-state index is 15.0. The maximum atomic E-state index is 15.0. The molecule has 1 heterocycles. The summed E-state index contributed by atoms with van der Waals surface area (Å²) in [4.78, 5) is 31.1. The lowest BCUT2D eigenvalue weighted by molar-refractivity contribution is -0.157. The number of aromatic nitrogens is 1. The van der Waals surface area contributed by atoms with Crippen LogP contribution >= 0.6 is 0 Å². The van der Waals surface area contributed by atoms with Crippen molar-refractivity contribution in [2.24, 2.45) is 0 Å². The van der Waals surface area contributed by atoms with Gasteiger partial charge in [-0.2, -0.15) is 0 Å². The first kappa shape index (κ1) is 38.5. The monoisotopic (exact) mass is 685 g/mol. The van der Waals surface area contributed by atoms with Gasteiger partial charge < -0.3 is 24.4 Å². The van der Waals surface area contributed by atoms with Crippen molar-refractivity contribution >= 4 is 11.9 Å².